The molecule has 24 unspecified atom stereocenters. The van der Waals surface area contributed by atoms with E-state index in [4.69, 9.17) is 52.1 Å². The number of hydrogen-bond acceptors (Lipinski definition) is 18. The zero-order valence-electron chi connectivity index (χ0n) is 43.0. The molecule has 0 aromatic carbocycles. The van der Waals surface area contributed by atoms with Gasteiger partial charge in [0, 0.05) is 62.7 Å². The molecule has 70 heavy (non-hydrogen) atoms. The second-order valence-corrected chi connectivity index (χ2v) is 22.3. The number of fused-ring (bicyclic) bond motifs is 5. The predicted molar refractivity (Wildman–Crippen MR) is 248 cm³/mol. The Morgan fingerprint density at radius 2 is 1.23 bits per heavy atom. The molecule has 5 N–H and O–H groups in total. The highest BCUT2D eigenvalue weighted by Gasteiger charge is 2.77. The summed E-state index contributed by atoms with van der Waals surface area (Å²) in [7, 11) is 3.14. The Balaban J connectivity index is 0.851. The number of ether oxygens (including phenoxy) is 11. The minimum absolute atomic E-state index is 0.0838. The molecule has 0 bridgehead atoms. The Bertz CT molecular complexity index is 1910. The summed E-state index contributed by atoms with van der Waals surface area (Å²) in [4.78, 5) is 26.5. The highest BCUT2D eigenvalue weighted by Crippen LogP contribution is 2.70. The van der Waals surface area contributed by atoms with Crippen molar-refractivity contribution in [3.63, 3.8) is 0 Å². The molecule has 0 radical (unpaired) electrons. The van der Waals surface area contributed by atoms with Gasteiger partial charge in [0.05, 0.1) is 54.9 Å². The zero-order chi connectivity index (χ0) is 50.8. The standard InChI is InChI=1S/C52H82O18/c1-12-25(2)48(57)67-39-24-38-49(8)16-14-32(19-31(49)13-17-51(38,58)52(59)18-15-33(26(3)53)50(39,52)9)66-42-23-37(61-11)47(30(7)65-42)70-41-21-35(55)45(28(5)64-41)68-40-20-34(54)46(29(6)63-40)69-43-22-36(60-10)44(56)27(4)62-43/h12-13,27-30,32-47,54-56,58-59H,14-24H2,1-11H3. The number of esters is 1. The molecule has 0 aromatic rings. The molecule has 4 aliphatic heterocycles. The molecular formula is C52H82O18. The van der Waals surface area contributed by atoms with Crippen LogP contribution in [0.2, 0.25) is 0 Å². The van der Waals surface area contributed by atoms with Gasteiger partial charge in [0.2, 0.25) is 0 Å². The SMILES string of the molecule is CC=C(C)C(=O)OC1CC2C3(C)CCC(OC4CC(OC)C(OC5CC(O)C(OC6CC(O)C(OC7CC(OC)C(O)C(C)O7)C(C)O6)C(C)O5)C(C)O4)CC3=CCC2(O)C2(O)CCC(C(C)=O)C12C. The summed E-state index contributed by atoms with van der Waals surface area (Å²) in [6.07, 6.45) is -4.09. The highest BCUT2D eigenvalue weighted by atomic mass is 16.8. The lowest BCUT2D eigenvalue weighted by molar-refractivity contribution is -0.345. The first-order valence-electron chi connectivity index (χ1n) is 25.8. The van der Waals surface area contributed by atoms with Gasteiger partial charge < -0.3 is 77.6 Å². The molecule has 4 heterocycles. The molecule has 8 aliphatic rings. The number of methoxy groups -OCH3 is 2. The van der Waals surface area contributed by atoms with Gasteiger partial charge in [-0.25, -0.2) is 4.79 Å². The van der Waals surface area contributed by atoms with Crippen LogP contribution >= 0.6 is 0 Å². The fourth-order valence-corrected chi connectivity index (χ4v) is 14.1. The molecule has 18 heteroatoms. The van der Waals surface area contributed by atoms with Crippen LogP contribution < -0.4 is 0 Å². The fourth-order valence-electron chi connectivity index (χ4n) is 14.1. The number of carbonyl (C=O) groups is 2. The van der Waals surface area contributed by atoms with Crippen LogP contribution in [0.5, 0.6) is 0 Å². The van der Waals surface area contributed by atoms with E-state index < -0.39 is 144 Å². The molecule has 18 nitrogen and oxygen atoms in total. The largest absolute Gasteiger partial charge is 0.458 e. The fraction of sp³-hybridized carbons (Fsp3) is 0.885. The lowest BCUT2D eigenvalue weighted by Crippen LogP contribution is -2.75. The maximum Gasteiger partial charge on any atom is 0.333 e. The Morgan fingerprint density at radius 1 is 0.700 bits per heavy atom. The molecule has 0 aromatic heterocycles. The minimum atomic E-state index is -1.66. The highest BCUT2D eigenvalue weighted by molar-refractivity contribution is 5.88. The molecule has 0 spiro atoms. The number of aliphatic hydroxyl groups excluding tert-OH is 3. The van der Waals surface area contributed by atoms with E-state index in [1.807, 2.05) is 13.8 Å². The third kappa shape index (κ3) is 9.66. The first kappa shape index (κ1) is 54.3. The van der Waals surface area contributed by atoms with Gasteiger partial charge in [0.15, 0.2) is 25.2 Å². The molecule has 398 valence electrons. The van der Waals surface area contributed by atoms with Gasteiger partial charge in [-0.3, -0.25) is 4.79 Å². The summed E-state index contributed by atoms with van der Waals surface area (Å²) in [5.74, 6) is -1.58. The molecule has 4 saturated heterocycles. The van der Waals surface area contributed by atoms with Gasteiger partial charge in [-0.05, 0) is 98.8 Å². The van der Waals surface area contributed by atoms with Gasteiger partial charge in [0.1, 0.15) is 47.5 Å². The predicted octanol–water partition coefficient (Wildman–Crippen LogP) is 4.07. The van der Waals surface area contributed by atoms with Crippen molar-refractivity contribution in [2.75, 3.05) is 14.2 Å². The van der Waals surface area contributed by atoms with E-state index in [0.29, 0.717) is 50.5 Å². The molecule has 3 saturated carbocycles. The first-order chi connectivity index (χ1) is 33.0. The van der Waals surface area contributed by atoms with Gasteiger partial charge in [-0.15, -0.1) is 0 Å². The average Bonchev–Trinajstić information content (AvgIpc) is 3.60. The van der Waals surface area contributed by atoms with Crippen molar-refractivity contribution >= 4 is 11.8 Å². The zero-order valence-corrected chi connectivity index (χ0v) is 43.0. The van der Waals surface area contributed by atoms with Crippen LogP contribution in [-0.2, 0) is 61.7 Å². The monoisotopic (exact) mass is 995 g/mol. The Hall–Kier alpha value is -1.98. The molecule has 7 fully saturated rings. The molecule has 0 amide bonds. The van der Waals surface area contributed by atoms with E-state index in [1.165, 1.54) is 14.0 Å². The third-order valence-corrected chi connectivity index (χ3v) is 18.3. The summed E-state index contributed by atoms with van der Waals surface area (Å²) >= 11 is 0. The van der Waals surface area contributed by atoms with Gasteiger partial charge in [-0.1, -0.05) is 31.6 Å². The van der Waals surface area contributed by atoms with E-state index >= 15 is 0 Å². The third-order valence-electron chi connectivity index (χ3n) is 18.3. The number of ketones is 1. The number of allylic oxidation sites excluding steroid dienone is 1. The number of hydrogen-bond donors (Lipinski definition) is 5. The summed E-state index contributed by atoms with van der Waals surface area (Å²) in [6.45, 7) is 16.2. The van der Waals surface area contributed by atoms with E-state index in [2.05, 4.69) is 13.0 Å². The minimum Gasteiger partial charge on any atom is -0.458 e. The second-order valence-electron chi connectivity index (χ2n) is 22.3. The van der Waals surface area contributed by atoms with Gasteiger partial charge >= 0.3 is 5.97 Å². The summed E-state index contributed by atoms with van der Waals surface area (Å²) < 4.78 is 68.0. The Labute approximate surface area is 412 Å². The number of rotatable bonds is 13. The average molecular weight is 995 g/mol. The van der Waals surface area contributed by atoms with Crippen molar-refractivity contribution in [2.24, 2.45) is 22.7 Å². The van der Waals surface area contributed by atoms with Gasteiger partial charge in [-0.2, -0.15) is 0 Å². The van der Waals surface area contributed by atoms with E-state index in [0.717, 1.165) is 5.57 Å². The van der Waals surface area contributed by atoms with Crippen molar-refractivity contribution in [1.29, 1.82) is 0 Å². The van der Waals surface area contributed by atoms with Crippen LogP contribution in [0.15, 0.2) is 23.3 Å². The van der Waals surface area contributed by atoms with Crippen LogP contribution in [0.25, 0.3) is 0 Å². The Morgan fingerprint density at radius 3 is 1.79 bits per heavy atom. The van der Waals surface area contributed by atoms with Crippen LogP contribution in [0.3, 0.4) is 0 Å². The van der Waals surface area contributed by atoms with Crippen LogP contribution in [-0.4, -0.2) is 173 Å². The normalized spacial score (nSPS) is 50.9. The molecule has 4 aliphatic carbocycles. The van der Waals surface area contributed by atoms with Crippen molar-refractivity contribution in [2.45, 2.75) is 255 Å². The summed E-state index contributed by atoms with van der Waals surface area (Å²) in [5, 5.41) is 58.6. The van der Waals surface area contributed by atoms with Crippen LogP contribution in [0, 0.1) is 22.7 Å². The maximum atomic E-state index is 13.3. The van der Waals surface area contributed by atoms with E-state index in [1.54, 1.807) is 47.8 Å². The van der Waals surface area contributed by atoms with Crippen molar-refractivity contribution in [3.8, 4) is 0 Å². The quantitative estimate of drug-likeness (QED) is 0.0994. The van der Waals surface area contributed by atoms with E-state index in [9.17, 15) is 35.1 Å². The smallest absolute Gasteiger partial charge is 0.333 e. The van der Waals surface area contributed by atoms with Crippen LogP contribution in [0.4, 0.5) is 0 Å². The van der Waals surface area contributed by atoms with Gasteiger partial charge in [0.25, 0.3) is 0 Å². The molecule has 24 atom stereocenters. The van der Waals surface area contributed by atoms with Crippen molar-refractivity contribution in [3.05, 3.63) is 23.3 Å². The number of aliphatic hydroxyl groups is 5. The second kappa shape index (κ2) is 21.0. The first-order valence-corrected chi connectivity index (χ1v) is 25.8. The number of Topliss-reactive ketones (excluding diaryl/α,β-unsaturated/α-hetero) is 1. The van der Waals surface area contributed by atoms with Crippen molar-refractivity contribution < 1.29 is 87.2 Å². The van der Waals surface area contributed by atoms with E-state index in [-0.39, 0.29) is 37.6 Å². The molecule has 8 rings (SSSR count). The lowest BCUT2D eigenvalue weighted by Gasteiger charge is -2.66. The topological polar surface area (TPSA) is 237 Å². The number of carbonyl (C=O) groups excluding carboxylic acids is 2. The lowest BCUT2D eigenvalue weighted by atomic mass is 9.43. The molecular weight excluding hydrogens is 913 g/mol. The summed E-state index contributed by atoms with van der Waals surface area (Å²) in [5.41, 5.74) is -3.35. The summed E-state index contributed by atoms with van der Waals surface area (Å²) in [6, 6.07) is 0. The Kier molecular flexibility index (Phi) is 16.3. The van der Waals surface area contributed by atoms with Crippen LogP contribution in [0.1, 0.15) is 133 Å². The van der Waals surface area contributed by atoms with Crippen molar-refractivity contribution in [1.82, 2.24) is 0 Å². The maximum absolute atomic E-state index is 13.3.